The van der Waals surface area contributed by atoms with Crippen LogP contribution in [0, 0.1) is 11.3 Å². The normalized spacial score (nSPS) is 32.4. The molecule has 2 fully saturated rings. The van der Waals surface area contributed by atoms with Crippen molar-refractivity contribution in [3.05, 3.63) is 0 Å². The number of nitrogens with one attached hydrogen (secondary N) is 2. The van der Waals surface area contributed by atoms with Crippen LogP contribution in [0.25, 0.3) is 0 Å². The Morgan fingerprint density at radius 2 is 2.18 bits per heavy atom. The molecule has 2 aliphatic rings. The lowest BCUT2D eigenvalue weighted by atomic mass is 9.73. The fourth-order valence-corrected chi connectivity index (χ4v) is 3.17. The summed E-state index contributed by atoms with van der Waals surface area (Å²) in [4.78, 5) is 12.0. The fraction of sp³-hybridized carbons (Fsp3) is 0.929. The van der Waals surface area contributed by atoms with E-state index in [0.717, 1.165) is 25.9 Å². The Balaban J connectivity index is 1.80. The van der Waals surface area contributed by atoms with Crippen LogP contribution in [0.5, 0.6) is 0 Å². The molecule has 17 heavy (non-hydrogen) atoms. The third-order valence-electron chi connectivity index (χ3n) is 4.48. The van der Waals surface area contributed by atoms with Gasteiger partial charge < -0.3 is 10.6 Å². The molecule has 2 unspecified atom stereocenters. The van der Waals surface area contributed by atoms with Crippen LogP contribution in [0.3, 0.4) is 0 Å². The standard InChI is InChI=1S/C14H26N2O/c1-14(2)7-4-3-5-12(14)16-13(17)9-11-6-8-15-10-11/h11-12,15H,3-10H2,1-2H3,(H,16,17). The number of amides is 1. The number of hydrogen-bond acceptors (Lipinski definition) is 2. The van der Waals surface area contributed by atoms with Crippen molar-refractivity contribution in [2.75, 3.05) is 13.1 Å². The molecular formula is C14H26N2O. The van der Waals surface area contributed by atoms with Gasteiger partial charge in [-0.1, -0.05) is 26.7 Å². The number of rotatable bonds is 3. The van der Waals surface area contributed by atoms with Crippen molar-refractivity contribution in [2.24, 2.45) is 11.3 Å². The van der Waals surface area contributed by atoms with Gasteiger partial charge in [0.25, 0.3) is 0 Å². The van der Waals surface area contributed by atoms with Crippen LogP contribution < -0.4 is 10.6 Å². The van der Waals surface area contributed by atoms with Crippen LogP contribution >= 0.6 is 0 Å². The Morgan fingerprint density at radius 1 is 1.35 bits per heavy atom. The molecule has 0 spiro atoms. The van der Waals surface area contributed by atoms with Gasteiger partial charge in [0.2, 0.25) is 5.91 Å². The fourth-order valence-electron chi connectivity index (χ4n) is 3.17. The molecule has 0 bridgehead atoms. The Bertz CT molecular complexity index is 269. The molecular weight excluding hydrogens is 212 g/mol. The summed E-state index contributed by atoms with van der Waals surface area (Å²) in [6.45, 7) is 6.66. The zero-order valence-corrected chi connectivity index (χ0v) is 11.2. The second kappa shape index (κ2) is 5.38. The summed E-state index contributed by atoms with van der Waals surface area (Å²) in [6, 6.07) is 0.387. The monoisotopic (exact) mass is 238 g/mol. The molecule has 2 N–H and O–H groups in total. The largest absolute Gasteiger partial charge is 0.353 e. The van der Waals surface area contributed by atoms with Gasteiger partial charge in [-0.3, -0.25) is 4.79 Å². The molecule has 1 heterocycles. The first-order valence-electron chi connectivity index (χ1n) is 7.08. The number of hydrogen-bond donors (Lipinski definition) is 2. The third-order valence-corrected chi connectivity index (χ3v) is 4.48. The van der Waals surface area contributed by atoms with Crippen molar-refractivity contribution < 1.29 is 4.79 Å². The topological polar surface area (TPSA) is 41.1 Å². The molecule has 0 radical (unpaired) electrons. The van der Waals surface area contributed by atoms with Crippen LogP contribution in [0.15, 0.2) is 0 Å². The van der Waals surface area contributed by atoms with E-state index in [1.807, 2.05) is 0 Å². The molecule has 1 aliphatic carbocycles. The molecule has 3 heteroatoms. The lowest BCUT2D eigenvalue weighted by Crippen LogP contribution is -2.47. The van der Waals surface area contributed by atoms with Crippen molar-refractivity contribution in [2.45, 2.75) is 58.4 Å². The van der Waals surface area contributed by atoms with Crippen molar-refractivity contribution in [1.82, 2.24) is 10.6 Å². The highest BCUT2D eigenvalue weighted by molar-refractivity contribution is 5.76. The quantitative estimate of drug-likeness (QED) is 0.790. The van der Waals surface area contributed by atoms with Crippen LogP contribution in [-0.4, -0.2) is 25.0 Å². The molecule has 2 rings (SSSR count). The highest BCUT2D eigenvalue weighted by atomic mass is 16.1. The predicted molar refractivity (Wildman–Crippen MR) is 69.8 cm³/mol. The molecule has 0 aromatic heterocycles. The second-order valence-electron chi connectivity index (χ2n) is 6.42. The van der Waals surface area contributed by atoms with Gasteiger partial charge in [-0.25, -0.2) is 0 Å². The molecule has 0 aromatic carbocycles. The van der Waals surface area contributed by atoms with Gasteiger partial charge in [0.1, 0.15) is 0 Å². The van der Waals surface area contributed by atoms with Gasteiger partial charge in [-0.2, -0.15) is 0 Å². The Kier molecular flexibility index (Phi) is 4.08. The van der Waals surface area contributed by atoms with Crippen LogP contribution in [0.2, 0.25) is 0 Å². The first-order valence-corrected chi connectivity index (χ1v) is 7.08. The van der Waals surface area contributed by atoms with E-state index in [1.165, 1.54) is 19.3 Å². The summed E-state index contributed by atoms with van der Waals surface area (Å²) in [5.41, 5.74) is 0.280. The maximum Gasteiger partial charge on any atom is 0.220 e. The number of carbonyl (C=O) groups excluding carboxylic acids is 1. The molecule has 98 valence electrons. The van der Waals surface area contributed by atoms with Gasteiger partial charge >= 0.3 is 0 Å². The third kappa shape index (κ3) is 3.44. The van der Waals surface area contributed by atoms with E-state index >= 15 is 0 Å². The summed E-state index contributed by atoms with van der Waals surface area (Å²) in [6.07, 6.45) is 6.83. The highest BCUT2D eigenvalue weighted by Crippen LogP contribution is 2.35. The first-order chi connectivity index (χ1) is 8.08. The Labute approximate surface area is 105 Å². The van der Waals surface area contributed by atoms with E-state index in [9.17, 15) is 4.79 Å². The van der Waals surface area contributed by atoms with Gasteiger partial charge in [-0.05, 0) is 43.7 Å². The maximum absolute atomic E-state index is 12.0. The summed E-state index contributed by atoms with van der Waals surface area (Å²) < 4.78 is 0. The summed E-state index contributed by atoms with van der Waals surface area (Å²) in [7, 11) is 0. The van der Waals surface area contributed by atoms with E-state index in [2.05, 4.69) is 24.5 Å². The van der Waals surface area contributed by atoms with Crippen LogP contribution in [-0.2, 0) is 4.79 Å². The van der Waals surface area contributed by atoms with Crippen LogP contribution in [0.1, 0.15) is 52.4 Å². The van der Waals surface area contributed by atoms with E-state index in [0.29, 0.717) is 18.4 Å². The first kappa shape index (κ1) is 12.9. The average molecular weight is 238 g/mol. The van der Waals surface area contributed by atoms with Crippen molar-refractivity contribution in [3.63, 3.8) is 0 Å². The minimum atomic E-state index is 0.263. The zero-order chi connectivity index (χ0) is 12.3. The summed E-state index contributed by atoms with van der Waals surface area (Å²) in [5, 5.41) is 6.59. The lowest BCUT2D eigenvalue weighted by molar-refractivity contribution is -0.123. The minimum absolute atomic E-state index is 0.263. The summed E-state index contributed by atoms with van der Waals surface area (Å²) >= 11 is 0. The Hall–Kier alpha value is -0.570. The molecule has 2 atom stereocenters. The highest BCUT2D eigenvalue weighted by Gasteiger charge is 2.33. The van der Waals surface area contributed by atoms with Gasteiger partial charge in [-0.15, -0.1) is 0 Å². The predicted octanol–water partition coefficient (Wildman–Crippen LogP) is 2.07. The average Bonchev–Trinajstić information content (AvgIpc) is 2.73. The Morgan fingerprint density at radius 3 is 2.82 bits per heavy atom. The van der Waals surface area contributed by atoms with Gasteiger partial charge in [0, 0.05) is 12.5 Å². The van der Waals surface area contributed by atoms with Crippen molar-refractivity contribution in [3.8, 4) is 0 Å². The molecule has 1 amide bonds. The molecule has 1 saturated heterocycles. The van der Waals surface area contributed by atoms with Crippen LogP contribution in [0.4, 0.5) is 0 Å². The SMILES string of the molecule is CC1(C)CCCCC1NC(=O)CC1CCNC1. The van der Waals surface area contributed by atoms with Crippen molar-refractivity contribution in [1.29, 1.82) is 0 Å². The number of carbonyl (C=O) groups is 1. The van der Waals surface area contributed by atoms with Crippen molar-refractivity contribution >= 4 is 5.91 Å². The lowest BCUT2D eigenvalue weighted by Gasteiger charge is -2.39. The molecule has 1 aliphatic heterocycles. The van der Waals surface area contributed by atoms with Gasteiger partial charge in [0.15, 0.2) is 0 Å². The van der Waals surface area contributed by atoms with E-state index < -0.39 is 0 Å². The van der Waals surface area contributed by atoms with E-state index in [-0.39, 0.29) is 11.3 Å². The van der Waals surface area contributed by atoms with E-state index in [1.54, 1.807) is 0 Å². The minimum Gasteiger partial charge on any atom is -0.353 e. The molecule has 0 aromatic rings. The zero-order valence-electron chi connectivity index (χ0n) is 11.2. The maximum atomic E-state index is 12.0. The molecule has 3 nitrogen and oxygen atoms in total. The second-order valence-corrected chi connectivity index (χ2v) is 6.42. The summed E-state index contributed by atoms with van der Waals surface area (Å²) in [5.74, 6) is 0.820. The van der Waals surface area contributed by atoms with Gasteiger partial charge in [0.05, 0.1) is 0 Å². The van der Waals surface area contributed by atoms with E-state index in [4.69, 9.17) is 0 Å². The smallest absolute Gasteiger partial charge is 0.220 e. The molecule has 1 saturated carbocycles.